The van der Waals surface area contributed by atoms with E-state index in [9.17, 15) is 18.3 Å². The van der Waals surface area contributed by atoms with E-state index in [1.54, 1.807) is 12.1 Å². The lowest BCUT2D eigenvalue weighted by Gasteiger charge is -2.03. The molecule has 17 heavy (non-hydrogen) atoms. The van der Waals surface area contributed by atoms with Gasteiger partial charge in [-0.25, -0.2) is 0 Å². The Labute approximate surface area is 98.8 Å². The van der Waals surface area contributed by atoms with Gasteiger partial charge in [-0.3, -0.25) is 5.10 Å². The summed E-state index contributed by atoms with van der Waals surface area (Å²) < 4.78 is 37.4. The van der Waals surface area contributed by atoms with Gasteiger partial charge in [0.25, 0.3) is 0 Å². The fourth-order valence-electron chi connectivity index (χ4n) is 1.37. The maximum Gasteiger partial charge on any atom is 0.434 e. The highest BCUT2D eigenvalue weighted by molar-refractivity contribution is 6.33. The largest absolute Gasteiger partial charge is 0.507 e. The summed E-state index contributed by atoms with van der Waals surface area (Å²) in [5.41, 5.74) is -1.11. The second-order valence-electron chi connectivity index (χ2n) is 3.28. The van der Waals surface area contributed by atoms with Crippen LogP contribution in [-0.2, 0) is 6.18 Å². The second-order valence-corrected chi connectivity index (χ2v) is 3.65. The van der Waals surface area contributed by atoms with Gasteiger partial charge in [0, 0.05) is 5.56 Å². The van der Waals surface area contributed by atoms with Crippen LogP contribution in [0.2, 0.25) is 5.02 Å². The Morgan fingerprint density at radius 2 is 1.88 bits per heavy atom. The van der Waals surface area contributed by atoms with E-state index in [1.807, 2.05) is 5.10 Å². The van der Waals surface area contributed by atoms with Crippen molar-refractivity contribution in [2.75, 3.05) is 0 Å². The third kappa shape index (κ3) is 2.08. The molecule has 7 heteroatoms. The summed E-state index contributed by atoms with van der Waals surface area (Å²) in [6.07, 6.45) is -4.60. The van der Waals surface area contributed by atoms with Crippen LogP contribution in [0, 0.1) is 0 Å². The van der Waals surface area contributed by atoms with Crippen LogP contribution in [0.25, 0.3) is 11.3 Å². The van der Waals surface area contributed by atoms with Gasteiger partial charge in [-0.15, -0.1) is 0 Å². The van der Waals surface area contributed by atoms with Gasteiger partial charge in [0.15, 0.2) is 5.69 Å². The Morgan fingerprint density at radius 1 is 1.24 bits per heavy atom. The number of nitrogens with zero attached hydrogens (tertiary/aromatic N) is 1. The molecule has 2 N–H and O–H groups in total. The Hall–Kier alpha value is -1.69. The molecule has 1 aromatic heterocycles. The Bertz CT molecular complexity index is 551. The van der Waals surface area contributed by atoms with Crippen molar-refractivity contribution in [2.45, 2.75) is 6.18 Å². The SMILES string of the molecule is Oc1ccccc1-c1n[nH]c(C(F)(F)F)c1Cl. The van der Waals surface area contributed by atoms with Crippen LogP contribution in [0.15, 0.2) is 24.3 Å². The van der Waals surface area contributed by atoms with E-state index in [4.69, 9.17) is 11.6 Å². The number of hydrogen-bond donors (Lipinski definition) is 2. The predicted molar refractivity (Wildman–Crippen MR) is 55.7 cm³/mol. The highest BCUT2D eigenvalue weighted by Crippen LogP contribution is 2.40. The first-order valence-corrected chi connectivity index (χ1v) is 4.88. The average Bonchev–Trinajstić information content (AvgIpc) is 2.60. The molecular weight excluding hydrogens is 257 g/mol. The first kappa shape index (κ1) is 11.8. The van der Waals surface area contributed by atoms with E-state index in [0.29, 0.717) is 0 Å². The van der Waals surface area contributed by atoms with Crippen molar-refractivity contribution in [1.29, 1.82) is 0 Å². The molecule has 0 amide bonds. The lowest BCUT2D eigenvalue weighted by molar-refractivity contribution is -0.141. The number of H-pyrrole nitrogens is 1. The van der Waals surface area contributed by atoms with Crippen molar-refractivity contribution < 1.29 is 18.3 Å². The van der Waals surface area contributed by atoms with Crippen molar-refractivity contribution in [1.82, 2.24) is 10.2 Å². The number of rotatable bonds is 1. The van der Waals surface area contributed by atoms with E-state index >= 15 is 0 Å². The smallest absolute Gasteiger partial charge is 0.434 e. The number of halogens is 4. The van der Waals surface area contributed by atoms with Crippen LogP contribution in [-0.4, -0.2) is 15.3 Å². The third-order valence-electron chi connectivity index (χ3n) is 2.15. The van der Waals surface area contributed by atoms with Crippen molar-refractivity contribution in [3.63, 3.8) is 0 Å². The lowest BCUT2D eigenvalue weighted by atomic mass is 10.1. The van der Waals surface area contributed by atoms with Gasteiger partial charge >= 0.3 is 6.18 Å². The van der Waals surface area contributed by atoms with Crippen LogP contribution in [0.4, 0.5) is 13.2 Å². The quantitative estimate of drug-likeness (QED) is 0.827. The molecule has 2 aromatic rings. The summed E-state index contributed by atoms with van der Waals surface area (Å²) in [4.78, 5) is 0. The highest BCUT2D eigenvalue weighted by atomic mass is 35.5. The van der Waals surface area contributed by atoms with Gasteiger partial charge in [-0.1, -0.05) is 23.7 Å². The normalized spacial score (nSPS) is 11.8. The summed E-state index contributed by atoms with van der Waals surface area (Å²) in [6.45, 7) is 0. The van der Waals surface area contributed by atoms with Crippen LogP contribution < -0.4 is 0 Å². The molecule has 0 unspecified atom stereocenters. The summed E-state index contributed by atoms with van der Waals surface area (Å²) in [5, 5.41) is 14.2. The van der Waals surface area contributed by atoms with Gasteiger partial charge in [-0.05, 0) is 12.1 Å². The molecule has 3 nitrogen and oxygen atoms in total. The fourth-order valence-corrected chi connectivity index (χ4v) is 1.66. The minimum Gasteiger partial charge on any atom is -0.507 e. The molecule has 0 aliphatic carbocycles. The monoisotopic (exact) mass is 262 g/mol. The molecule has 90 valence electrons. The number of aromatic nitrogens is 2. The van der Waals surface area contributed by atoms with E-state index in [-0.39, 0.29) is 17.0 Å². The van der Waals surface area contributed by atoms with Gasteiger partial charge < -0.3 is 5.11 Å². The number of phenolic OH excluding ortho intramolecular Hbond substituents is 1. The van der Waals surface area contributed by atoms with Gasteiger partial charge in [0.2, 0.25) is 0 Å². The number of aromatic hydroxyl groups is 1. The zero-order valence-corrected chi connectivity index (χ0v) is 8.97. The van der Waals surface area contributed by atoms with Gasteiger partial charge in [-0.2, -0.15) is 18.3 Å². The highest BCUT2D eigenvalue weighted by Gasteiger charge is 2.37. The first-order valence-electron chi connectivity index (χ1n) is 4.50. The molecule has 0 fully saturated rings. The molecule has 1 aromatic carbocycles. The molecular formula is C10H6ClF3N2O. The number of hydrogen-bond acceptors (Lipinski definition) is 2. The number of phenols is 1. The van der Waals surface area contributed by atoms with Gasteiger partial charge in [0.05, 0.1) is 5.02 Å². The first-order chi connectivity index (χ1) is 7.91. The van der Waals surface area contributed by atoms with Crippen molar-refractivity contribution in [3.05, 3.63) is 35.0 Å². The van der Waals surface area contributed by atoms with Crippen molar-refractivity contribution >= 4 is 11.6 Å². The molecule has 1 heterocycles. The summed E-state index contributed by atoms with van der Waals surface area (Å²) >= 11 is 5.59. The minimum absolute atomic E-state index is 0.128. The number of nitrogens with one attached hydrogen (secondary N) is 1. The topological polar surface area (TPSA) is 48.9 Å². The fraction of sp³-hybridized carbons (Fsp3) is 0.100. The molecule has 2 rings (SSSR count). The summed E-state index contributed by atoms with van der Waals surface area (Å²) in [5.74, 6) is -0.186. The van der Waals surface area contributed by atoms with Crippen LogP contribution in [0.5, 0.6) is 5.75 Å². The Balaban J connectivity index is 2.56. The second kappa shape index (κ2) is 3.96. The third-order valence-corrected chi connectivity index (χ3v) is 2.52. The average molecular weight is 263 g/mol. The predicted octanol–water partition coefficient (Wildman–Crippen LogP) is 3.45. The molecule has 0 spiro atoms. The van der Waals surface area contributed by atoms with Gasteiger partial charge in [0.1, 0.15) is 11.4 Å². The van der Waals surface area contributed by atoms with E-state index in [2.05, 4.69) is 5.10 Å². The van der Waals surface area contributed by atoms with Crippen LogP contribution >= 0.6 is 11.6 Å². The molecule has 0 radical (unpaired) electrons. The minimum atomic E-state index is -4.60. The zero-order valence-electron chi connectivity index (χ0n) is 8.22. The van der Waals surface area contributed by atoms with E-state index in [1.165, 1.54) is 12.1 Å². The Kier molecular flexibility index (Phi) is 2.74. The van der Waals surface area contributed by atoms with Crippen LogP contribution in [0.3, 0.4) is 0 Å². The summed E-state index contributed by atoms with van der Waals surface area (Å²) in [6, 6.07) is 5.88. The number of alkyl halides is 3. The van der Waals surface area contributed by atoms with E-state index < -0.39 is 16.9 Å². The molecule has 0 bridgehead atoms. The molecule has 0 aliphatic heterocycles. The number of aromatic amines is 1. The Morgan fingerprint density at radius 3 is 2.41 bits per heavy atom. The lowest BCUT2D eigenvalue weighted by Crippen LogP contribution is -2.05. The zero-order chi connectivity index (χ0) is 12.6. The number of benzene rings is 1. The maximum atomic E-state index is 12.5. The van der Waals surface area contributed by atoms with Crippen LogP contribution in [0.1, 0.15) is 5.69 Å². The standard InChI is InChI=1S/C10H6ClF3N2O/c11-7-8(5-3-1-2-4-6(5)17)15-16-9(7)10(12,13)14/h1-4,17H,(H,15,16). The van der Waals surface area contributed by atoms with Crippen molar-refractivity contribution in [2.24, 2.45) is 0 Å². The van der Waals surface area contributed by atoms with Crippen molar-refractivity contribution in [3.8, 4) is 17.0 Å². The molecule has 0 aliphatic rings. The summed E-state index contributed by atoms with van der Waals surface area (Å²) in [7, 11) is 0. The maximum absolute atomic E-state index is 12.5. The molecule has 0 atom stereocenters. The molecule has 0 saturated carbocycles. The molecule has 0 saturated heterocycles. The van der Waals surface area contributed by atoms with E-state index in [0.717, 1.165) is 0 Å². The number of para-hydroxylation sites is 1.